The van der Waals surface area contributed by atoms with E-state index in [0.29, 0.717) is 5.84 Å². The van der Waals surface area contributed by atoms with Crippen LogP contribution in [0.2, 0.25) is 0 Å². The number of nitrogens with two attached hydrogens (primary N) is 1. The van der Waals surface area contributed by atoms with E-state index in [-0.39, 0.29) is 17.5 Å². The predicted molar refractivity (Wildman–Crippen MR) is 72.7 cm³/mol. The smallest absolute Gasteiger partial charge is 0.345 e. The van der Waals surface area contributed by atoms with Gasteiger partial charge in [-0.1, -0.05) is 45.0 Å². The second kappa shape index (κ2) is 4.12. The van der Waals surface area contributed by atoms with Gasteiger partial charge in [-0.05, 0) is 16.5 Å². The van der Waals surface area contributed by atoms with Crippen molar-refractivity contribution in [1.82, 2.24) is 4.90 Å². The van der Waals surface area contributed by atoms with Crippen molar-refractivity contribution in [3.05, 3.63) is 35.4 Å². The molecule has 0 spiro atoms. The average Bonchev–Trinajstić information content (AvgIpc) is 2.52. The van der Waals surface area contributed by atoms with E-state index in [0.717, 1.165) is 5.56 Å². The van der Waals surface area contributed by atoms with Crippen LogP contribution >= 0.6 is 0 Å². The zero-order valence-corrected chi connectivity index (χ0v) is 11.3. The summed E-state index contributed by atoms with van der Waals surface area (Å²) in [5.74, 6) is 0.367. The van der Waals surface area contributed by atoms with Gasteiger partial charge in [-0.25, -0.2) is 4.79 Å². The highest BCUT2D eigenvalue weighted by Crippen LogP contribution is 2.28. The van der Waals surface area contributed by atoms with Crippen LogP contribution in [0.5, 0.6) is 0 Å². The van der Waals surface area contributed by atoms with Crippen LogP contribution in [0.25, 0.3) is 0 Å². The van der Waals surface area contributed by atoms with Gasteiger partial charge in [-0.2, -0.15) is 4.99 Å². The molecule has 0 fully saturated rings. The molecule has 1 aliphatic rings. The molecule has 1 heterocycles. The maximum absolute atomic E-state index is 11.5. The van der Waals surface area contributed by atoms with E-state index in [4.69, 9.17) is 5.73 Å². The average molecular weight is 245 g/mol. The molecule has 1 aromatic rings. The Hall–Kier alpha value is -1.84. The van der Waals surface area contributed by atoms with Gasteiger partial charge in [0.05, 0.1) is 0 Å². The van der Waals surface area contributed by atoms with Crippen LogP contribution in [0.15, 0.2) is 29.3 Å². The molecule has 4 nitrogen and oxygen atoms in total. The minimum absolute atomic E-state index is 0.121. The molecule has 1 atom stereocenters. The number of nitrogens with zero attached hydrogens (tertiary/aromatic N) is 2. The van der Waals surface area contributed by atoms with Crippen molar-refractivity contribution in [2.75, 3.05) is 7.05 Å². The van der Waals surface area contributed by atoms with Gasteiger partial charge in [0, 0.05) is 7.05 Å². The second-order valence-corrected chi connectivity index (χ2v) is 5.70. The summed E-state index contributed by atoms with van der Waals surface area (Å²) >= 11 is 0. The van der Waals surface area contributed by atoms with Crippen LogP contribution in [0.3, 0.4) is 0 Å². The quantitative estimate of drug-likeness (QED) is 0.826. The van der Waals surface area contributed by atoms with Gasteiger partial charge in [-0.3, -0.25) is 0 Å². The Kier molecular flexibility index (Phi) is 2.89. The monoisotopic (exact) mass is 245 g/mol. The third-order valence-electron chi connectivity index (χ3n) is 3.29. The Morgan fingerprint density at radius 2 is 1.78 bits per heavy atom. The van der Waals surface area contributed by atoms with Gasteiger partial charge in [-0.15, -0.1) is 0 Å². The fourth-order valence-corrected chi connectivity index (χ4v) is 2.12. The molecule has 4 heteroatoms. The minimum atomic E-state index is -0.280. The lowest BCUT2D eigenvalue weighted by atomic mass is 9.86. The van der Waals surface area contributed by atoms with Gasteiger partial charge in [0.15, 0.2) is 0 Å². The first kappa shape index (κ1) is 12.6. The fourth-order valence-electron chi connectivity index (χ4n) is 2.12. The van der Waals surface area contributed by atoms with E-state index >= 15 is 0 Å². The molecule has 2 N–H and O–H groups in total. The number of aliphatic imine (C=N–C) groups is 1. The molecule has 0 bridgehead atoms. The molecule has 2 rings (SSSR count). The maximum atomic E-state index is 11.5. The first-order valence-electron chi connectivity index (χ1n) is 6.02. The Balaban J connectivity index is 2.31. The molecule has 0 saturated carbocycles. The van der Waals surface area contributed by atoms with Crippen LogP contribution in [-0.2, 0) is 5.41 Å². The molecule has 18 heavy (non-hydrogen) atoms. The van der Waals surface area contributed by atoms with Gasteiger partial charge in [0.1, 0.15) is 11.9 Å². The molecular weight excluding hydrogens is 226 g/mol. The summed E-state index contributed by atoms with van der Waals surface area (Å²) < 4.78 is 0. The highest BCUT2D eigenvalue weighted by atomic mass is 16.2. The normalized spacial score (nSPS) is 20.2. The number of urea groups is 1. The molecule has 2 amide bonds. The van der Waals surface area contributed by atoms with Crippen LogP contribution in [0.1, 0.15) is 37.9 Å². The number of amides is 2. The number of carbonyl (C=O) groups excluding carboxylic acids is 1. The van der Waals surface area contributed by atoms with Gasteiger partial charge in [0.2, 0.25) is 0 Å². The van der Waals surface area contributed by atoms with E-state index < -0.39 is 0 Å². The Morgan fingerprint density at radius 1 is 1.22 bits per heavy atom. The van der Waals surface area contributed by atoms with Gasteiger partial charge < -0.3 is 10.6 Å². The summed E-state index contributed by atoms with van der Waals surface area (Å²) in [6.45, 7) is 6.51. The van der Waals surface area contributed by atoms with Crippen molar-refractivity contribution in [2.45, 2.75) is 32.2 Å². The molecule has 0 aliphatic carbocycles. The van der Waals surface area contributed by atoms with Crippen LogP contribution in [0.4, 0.5) is 4.79 Å². The maximum Gasteiger partial charge on any atom is 0.345 e. The van der Waals surface area contributed by atoms with E-state index in [9.17, 15) is 4.79 Å². The van der Waals surface area contributed by atoms with Crippen molar-refractivity contribution >= 4 is 11.9 Å². The fraction of sp³-hybridized carbons (Fsp3) is 0.429. The lowest BCUT2D eigenvalue weighted by Gasteiger charge is -2.22. The SMILES string of the molecule is CN1C(=O)N=C(N)C1c1ccc(C(C)(C)C)cc1. The first-order valence-corrected chi connectivity index (χ1v) is 6.02. The van der Waals surface area contributed by atoms with Crippen LogP contribution in [-0.4, -0.2) is 23.8 Å². The molecule has 1 unspecified atom stereocenters. The topological polar surface area (TPSA) is 58.7 Å². The standard InChI is InChI=1S/C14H19N3O/c1-14(2,3)10-7-5-9(6-8-10)11-12(15)16-13(18)17(11)4/h5-8,11H,1-4H3,(H2,15,16,18). The van der Waals surface area contributed by atoms with E-state index in [1.54, 1.807) is 11.9 Å². The number of likely N-dealkylation sites (N-methyl/N-ethyl adjacent to an activating group) is 1. The zero-order chi connectivity index (χ0) is 13.5. The Labute approximate surface area is 108 Å². The zero-order valence-electron chi connectivity index (χ0n) is 11.3. The third kappa shape index (κ3) is 2.10. The van der Waals surface area contributed by atoms with Gasteiger partial charge in [0.25, 0.3) is 0 Å². The highest BCUT2D eigenvalue weighted by Gasteiger charge is 2.31. The molecule has 0 saturated heterocycles. The number of carbonyl (C=O) groups is 1. The van der Waals surface area contributed by atoms with Gasteiger partial charge >= 0.3 is 6.03 Å². The first-order chi connectivity index (χ1) is 8.30. The summed E-state index contributed by atoms with van der Waals surface area (Å²) in [7, 11) is 1.72. The summed E-state index contributed by atoms with van der Waals surface area (Å²) in [4.78, 5) is 16.8. The number of hydrogen-bond acceptors (Lipinski definition) is 2. The largest absolute Gasteiger partial charge is 0.385 e. The third-order valence-corrected chi connectivity index (χ3v) is 3.29. The van der Waals surface area contributed by atoms with Crippen molar-refractivity contribution in [3.8, 4) is 0 Å². The second-order valence-electron chi connectivity index (χ2n) is 5.70. The molecule has 1 aliphatic heterocycles. The minimum Gasteiger partial charge on any atom is -0.385 e. The summed E-state index contributed by atoms with van der Waals surface area (Å²) in [6, 6.07) is 7.69. The Bertz CT molecular complexity index is 497. The highest BCUT2D eigenvalue weighted by molar-refractivity contribution is 6.03. The van der Waals surface area contributed by atoms with Crippen LogP contribution < -0.4 is 5.73 Å². The number of amidine groups is 1. The van der Waals surface area contributed by atoms with E-state index in [1.807, 2.05) is 12.1 Å². The van der Waals surface area contributed by atoms with E-state index in [2.05, 4.69) is 37.9 Å². The molecule has 0 radical (unpaired) electrons. The lowest BCUT2D eigenvalue weighted by Crippen LogP contribution is -2.30. The summed E-state index contributed by atoms with van der Waals surface area (Å²) in [6.07, 6.45) is 0. The van der Waals surface area contributed by atoms with Crippen molar-refractivity contribution < 1.29 is 4.79 Å². The van der Waals surface area contributed by atoms with Crippen LogP contribution in [0, 0.1) is 0 Å². The van der Waals surface area contributed by atoms with Crippen molar-refractivity contribution in [2.24, 2.45) is 10.7 Å². The number of rotatable bonds is 1. The lowest BCUT2D eigenvalue weighted by molar-refractivity contribution is 0.218. The molecule has 96 valence electrons. The van der Waals surface area contributed by atoms with E-state index in [1.165, 1.54) is 5.56 Å². The van der Waals surface area contributed by atoms with Crippen molar-refractivity contribution in [1.29, 1.82) is 0 Å². The molecular formula is C14H19N3O. The predicted octanol–water partition coefficient (Wildman–Crippen LogP) is 2.45. The summed E-state index contributed by atoms with van der Waals surface area (Å²) in [5, 5.41) is 0. The number of hydrogen-bond donors (Lipinski definition) is 1. The van der Waals surface area contributed by atoms with Crippen molar-refractivity contribution in [3.63, 3.8) is 0 Å². The molecule has 1 aromatic carbocycles. The molecule has 0 aromatic heterocycles. The number of benzene rings is 1. The Morgan fingerprint density at radius 3 is 2.17 bits per heavy atom. The summed E-state index contributed by atoms with van der Waals surface area (Å²) in [5.41, 5.74) is 8.18.